The first-order chi connectivity index (χ1) is 12.0. The predicted octanol–water partition coefficient (Wildman–Crippen LogP) is 4.06. The summed E-state index contributed by atoms with van der Waals surface area (Å²) in [4.78, 5) is 29.8. The van der Waals surface area contributed by atoms with Crippen molar-refractivity contribution in [3.05, 3.63) is 74.1 Å². The highest BCUT2D eigenvalue weighted by atomic mass is 79.9. The highest BCUT2D eigenvalue weighted by Gasteiger charge is 2.15. The zero-order chi connectivity index (χ0) is 17.6. The molecule has 4 aromatic rings. The average Bonchev–Trinajstić information content (AvgIpc) is 2.96. The summed E-state index contributed by atoms with van der Waals surface area (Å²) in [7, 11) is 0. The number of aromatic nitrogens is 2. The molecule has 5 nitrogen and oxygen atoms in total. The van der Waals surface area contributed by atoms with Gasteiger partial charge in [-0.1, -0.05) is 39.4 Å². The van der Waals surface area contributed by atoms with Gasteiger partial charge in [-0.25, -0.2) is 9.37 Å². The van der Waals surface area contributed by atoms with Gasteiger partial charge in [0.05, 0.1) is 16.7 Å². The number of nitrogens with one attached hydrogen (secondary N) is 1. The fourth-order valence-corrected chi connectivity index (χ4v) is 3.73. The van der Waals surface area contributed by atoms with Crippen LogP contribution in [-0.2, 0) is 0 Å². The summed E-state index contributed by atoms with van der Waals surface area (Å²) in [5, 5.41) is 2.48. The highest BCUT2D eigenvalue weighted by Crippen LogP contribution is 2.22. The van der Waals surface area contributed by atoms with Crippen LogP contribution in [0, 0.1) is 5.82 Å². The molecule has 0 saturated heterocycles. The van der Waals surface area contributed by atoms with Crippen molar-refractivity contribution >= 4 is 54.9 Å². The molecule has 4 rings (SSSR count). The molecule has 0 aliphatic heterocycles. The molecule has 2 heterocycles. The van der Waals surface area contributed by atoms with E-state index in [0.29, 0.717) is 20.5 Å². The van der Waals surface area contributed by atoms with Crippen LogP contribution in [0.3, 0.4) is 0 Å². The summed E-state index contributed by atoms with van der Waals surface area (Å²) < 4.78 is 15.9. The molecule has 1 amide bonds. The Balaban J connectivity index is 1.77. The fourth-order valence-electron chi connectivity index (χ4n) is 2.48. The van der Waals surface area contributed by atoms with Crippen LogP contribution in [0.15, 0.2) is 57.8 Å². The van der Waals surface area contributed by atoms with Gasteiger partial charge in [-0.15, -0.1) is 0 Å². The van der Waals surface area contributed by atoms with Gasteiger partial charge in [0.15, 0.2) is 4.96 Å². The number of para-hydroxylation sites is 2. The quantitative estimate of drug-likeness (QED) is 0.534. The fraction of sp³-hybridized carbons (Fsp3) is 0. The lowest BCUT2D eigenvalue weighted by Crippen LogP contribution is -2.17. The molecular formula is C17H9BrFN3O2S. The number of carbonyl (C=O) groups excluding carboxylic acids is 1. The maximum Gasteiger partial charge on any atom is 0.266 e. The summed E-state index contributed by atoms with van der Waals surface area (Å²) >= 11 is 4.23. The molecule has 0 bridgehead atoms. The zero-order valence-corrected chi connectivity index (χ0v) is 14.9. The number of amides is 1. The molecule has 0 aliphatic carbocycles. The van der Waals surface area contributed by atoms with Crippen molar-refractivity contribution in [1.82, 2.24) is 9.38 Å². The van der Waals surface area contributed by atoms with Crippen molar-refractivity contribution in [1.29, 1.82) is 0 Å². The number of benzene rings is 2. The minimum Gasteiger partial charge on any atom is -0.319 e. The second-order valence-corrected chi connectivity index (χ2v) is 7.17. The Hall–Kier alpha value is -2.58. The van der Waals surface area contributed by atoms with Gasteiger partial charge in [0.1, 0.15) is 10.7 Å². The van der Waals surface area contributed by atoms with Gasteiger partial charge in [-0.2, -0.15) is 0 Å². The van der Waals surface area contributed by atoms with Crippen LogP contribution in [0.1, 0.15) is 9.67 Å². The monoisotopic (exact) mass is 417 g/mol. The first-order valence-electron chi connectivity index (χ1n) is 7.21. The minimum absolute atomic E-state index is 0.0428. The van der Waals surface area contributed by atoms with Gasteiger partial charge in [0.25, 0.3) is 11.5 Å². The topological polar surface area (TPSA) is 63.5 Å². The maximum absolute atomic E-state index is 13.9. The van der Waals surface area contributed by atoms with Crippen molar-refractivity contribution in [2.45, 2.75) is 0 Å². The molecule has 124 valence electrons. The number of hydrogen-bond acceptors (Lipinski definition) is 4. The van der Waals surface area contributed by atoms with E-state index in [2.05, 4.69) is 26.2 Å². The van der Waals surface area contributed by atoms with Gasteiger partial charge in [0, 0.05) is 10.5 Å². The standard InChI is InChI=1S/C17H9BrFN3O2S/c18-9-5-6-11(10(19)7-9)20-16(24)14-8-15(23)22-13-4-2-1-3-12(13)21-17(22)25-14/h1-8H,(H,20,24). The summed E-state index contributed by atoms with van der Waals surface area (Å²) in [5.41, 5.74) is 1.04. The van der Waals surface area contributed by atoms with Crippen LogP contribution in [-0.4, -0.2) is 15.3 Å². The van der Waals surface area contributed by atoms with Gasteiger partial charge in [-0.05, 0) is 30.3 Å². The van der Waals surface area contributed by atoms with Gasteiger partial charge < -0.3 is 5.32 Å². The third kappa shape index (κ3) is 2.83. The number of imidazole rings is 1. The number of carbonyl (C=O) groups is 1. The number of rotatable bonds is 2. The third-order valence-corrected chi connectivity index (χ3v) is 5.08. The molecule has 25 heavy (non-hydrogen) atoms. The summed E-state index contributed by atoms with van der Waals surface area (Å²) in [6.07, 6.45) is 0. The van der Waals surface area contributed by atoms with Crippen molar-refractivity contribution in [2.24, 2.45) is 0 Å². The summed E-state index contributed by atoms with van der Waals surface area (Å²) in [5.74, 6) is -1.12. The Morgan fingerprint density at radius 2 is 2.00 bits per heavy atom. The molecule has 2 aromatic carbocycles. The van der Waals surface area contributed by atoms with Gasteiger partial charge in [-0.3, -0.25) is 14.0 Å². The molecule has 0 fully saturated rings. The van der Waals surface area contributed by atoms with Crippen LogP contribution in [0.5, 0.6) is 0 Å². The van der Waals surface area contributed by atoms with Crippen molar-refractivity contribution in [3.63, 3.8) is 0 Å². The Morgan fingerprint density at radius 1 is 1.20 bits per heavy atom. The van der Waals surface area contributed by atoms with Crippen molar-refractivity contribution in [3.8, 4) is 0 Å². The van der Waals surface area contributed by atoms with E-state index in [1.165, 1.54) is 22.6 Å². The summed E-state index contributed by atoms with van der Waals surface area (Å²) in [6, 6.07) is 12.8. The molecule has 0 radical (unpaired) electrons. The zero-order valence-electron chi connectivity index (χ0n) is 12.5. The van der Waals surface area contributed by atoms with Crippen LogP contribution < -0.4 is 10.9 Å². The first kappa shape index (κ1) is 15.9. The van der Waals surface area contributed by atoms with E-state index < -0.39 is 11.7 Å². The number of nitrogens with zero attached hydrogens (tertiary/aromatic N) is 2. The Morgan fingerprint density at radius 3 is 2.80 bits per heavy atom. The Bertz CT molecular complexity index is 1200. The second kappa shape index (κ2) is 6.05. The second-order valence-electron chi connectivity index (χ2n) is 5.25. The SMILES string of the molecule is O=C(Nc1ccc(Br)cc1F)c1cc(=O)n2c(nc3ccccc32)s1. The van der Waals surface area contributed by atoms with Crippen LogP contribution in [0.2, 0.25) is 0 Å². The predicted molar refractivity (Wildman–Crippen MR) is 98.9 cm³/mol. The molecule has 0 saturated carbocycles. The lowest BCUT2D eigenvalue weighted by atomic mass is 10.3. The molecular weight excluding hydrogens is 409 g/mol. The average molecular weight is 418 g/mol. The third-order valence-electron chi connectivity index (χ3n) is 3.61. The minimum atomic E-state index is -0.567. The first-order valence-corrected chi connectivity index (χ1v) is 8.81. The molecule has 0 atom stereocenters. The van der Waals surface area contributed by atoms with Crippen LogP contribution >= 0.6 is 27.3 Å². The molecule has 0 unspecified atom stereocenters. The number of halogens is 2. The number of anilines is 1. The molecule has 8 heteroatoms. The lowest BCUT2D eigenvalue weighted by Gasteiger charge is -2.06. The van der Waals surface area contributed by atoms with E-state index in [4.69, 9.17) is 0 Å². The maximum atomic E-state index is 13.9. The van der Waals surface area contributed by atoms with Crippen LogP contribution in [0.4, 0.5) is 10.1 Å². The smallest absolute Gasteiger partial charge is 0.266 e. The van der Waals surface area contributed by atoms with Gasteiger partial charge in [0.2, 0.25) is 0 Å². The van der Waals surface area contributed by atoms with E-state index in [1.54, 1.807) is 18.2 Å². The molecule has 1 N–H and O–H groups in total. The van der Waals surface area contributed by atoms with E-state index in [-0.39, 0.29) is 16.1 Å². The van der Waals surface area contributed by atoms with Crippen molar-refractivity contribution in [2.75, 3.05) is 5.32 Å². The van der Waals surface area contributed by atoms with E-state index in [9.17, 15) is 14.0 Å². The molecule has 0 aliphatic rings. The highest BCUT2D eigenvalue weighted by molar-refractivity contribution is 9.10. The molecule has 2 aromatic heterocycles. The summed E-state index contributed by atoms with van der Waals surface area (Å²) in [6.45, 7) is 0. The van der Waals surface area contributed by atoms with Gasteiger partial charge >= 0.3 is 0 Å². The normalized spacial score (nSPS) is 11.1. The van der Waals surface area contributed by atoms with Crippen LogP contribution in [0.25, 0.3) is 16.0 Å². The van der Waals surface area contributed by atoms with E-state index in [1.807, 2.05) is 12.1 Å². The Kier molecular flexibility index (Phi) is 3.85. The molecule has 0 spiro atoms. The number of hydrogen-bond donors (Lipinski definition) is 1. The number of fused-ring (bicyclic) bond motifs is 3. The van der Waals surface area contributed by atoms with E-state index in [0.717, 1.165) is 11.3 Å². The van der Waals surface area contributed by atoms with Crippen molar-refractivity contribution < 1.29 is 9.18 Å². The lowest BCUT2D eigenvalue weighted by molar-refractivity contribution is 0.102. The van der Waals surface area contributed by atoms with E-state index >= 15 is 0 Å². The Labute approximate surface area is 152 Å². The largest absolute Gasteiger partial charge is 0.319 e.